The number of carbonyl (C=O) groups is 2. The van der Waals surface area contributed by atoms with Crippen molar-refractivity contribution in [1.29, 1.82) is 0 Å². The second-order valence-electron chi connectivity index (χ2n) is 7.79. The van der Waals surface area contributed by atoms with E-state index in [0.717, 1.165) is 24.3 Å². The summed E-state index contributed by atoms with van der Waals surface area (Å²) in [6.45, 7) is 3.72. The van der Waals surface area contributed by atoms with Crippen LogP contribution in [0.1, 0.15) is 19.8 Å². The van der Waals surface area contributed by atoms with Crippen molar-refractivity contribution in [3.05, 3.63) is 40.9 Å². The number of rotatable bonds is 7. The van der Waals surface area contributed by atoms with Crippen LogP contribution in [0, 0.1) is 5.92 Å². The summed E-state index contributed by atoms with van der Waals surface area (Å²) in [5.74, 6) is -0.344. The van der Waals surface area contributed by atoms with Crippen molar-refractivity contribution >= 4 is 56.1 Å². The highest BCUT2D eigenvalue weighted by molar-refractivity contribution is 7.98. The van der Waals surface area contributed by atoms with Crippen LogP contribution >= 0.6 is 23.1 Å². The van der Waals surface area contributed by atoms with E-state index in [4.69, 9.17) is 0 Å². The van der Waals surface area contributed by atoms with E-state index in [-0.39, 0.29) is 29.8 Å². The maximum atomic E-state index is 13.0. The first-order valence-electron chi connectivity index (χ1n) is 10.8. The van der Waals surface area contributed by atoms with Gasteiger partial charge in [-0.15, -0.1) is 11.8 Å². The number of fused-ring (bicyclic) bond motifs is 1. The molecule has 1 saturated heterocycles. The molecule has 1 aliphatic heterocycles. The van der Waals surface area contributed by atoms with Crippen LogP contribution in [0.5, 0.6) is 0 Å². The zero-order chi connectivity index (χ0) is 23.4. The molecule has 3 heterocycles. The van der Waals surface area contributed by atoms with E-state index in [1.54, 1.807) is 11.8 Å². The molecule has 0 radical (unpaired) electrons. The number of benzene rings is 1. The number of thiazole rings is 1. The van der Waals surface area contributed by atoms with Gasteiger partial charge in [0.2, 0.25) is 11.8 Å². The first kappa shape index (κ1) is 23.2. The second-order valence-corrected chi connectivity index (χ2v) is 9.64. The molecule has 1 aliphatic rings. The number of nitrogens with one attached hydrogen (secondary N) is 2. The number of amides is 2. The fraction of sp³-hybridized carbons (Fsp3) is 0.409. The van der Waals surface area contributed by atoms with Crippen LogP contribution in [-0.2, 0) is 16.1 Å². The molecule has 9 nitrogen and oxygen atoms in total. The third-order valence-electron chi connectivity index (χ3n) is 5.45. The Morgan fingerprint density at radius 3 is 2.97 bits per heavy atom. The minimum atomic E-state index is -0.304. The second kappa shape index (κ2) is 10.3. The fourth-order valence-corrected chi connectivity index (χ4v) is 5.29. The molecule has 4 rings (SSSR count). The zero-order valence-corrected chi connectivity index (χ0v) is 20.2. The van der Waals surface area contributed by atoms with Gasteiger partial charge in [-0.25, -0.2) is 4.98 Å². The van der Waals surface area contributed by atoms with Gasteiger partial charge in [0.05, 0.1) is 5.92 Å². The Hall–Kier alpha value is -2.92. The lowest BCUT2D eigenvalue weighted by Crippen LogP contribution is -2.43. The summed E-state index contributed by atoms with van der Waals surface area (Å²) >= 11 is 2.85. The molecule has 2 aromatic heterocycles. The maximum Gasteiger partial charge on any atom is 0.273 e. The molecule has 1 unspecified atom stereocenters. The molecule has 0 aliphatic carbocycles. The summed E-state index contributed by atoms with van der Waals surface area (Å²) < 4.78 is 1.70. The van der Waals surface area contributed by atoms with Gasteiger partial charge in [0.15, 0.2) is 10.8 Å². The Morgan fingerprint density at radius 1 is 1.33 bits per heavy atom. The first-order valence-corrected chi connectivity index (χ1v) is 12.8. The van der Waals surface area contributed by atoms with E-state index in [9.17, 15) is 14.4 Å². The summed E-state index contributed by atoms with van der Waals surface area (Å²) in [7, 11) is 0. The minimum absolute atomic E-state index is 0.0536. The normalized spacial score (nSPS) is 16.1. The van der Waals surface area contributed by atoms with Gasteiger partial charge in [-0.05, 0) is 44.2 Å². The van der Waals surface area contributed by atoms with Crippen molar-refractivity contribution in [2.75, 3.05) is 36.1 Å². The Labute approximate surface area is 199 Å². The summed E-state index contributed by atoms with van der Waals surface area (Å²) in [6.07, 6.45) is 5.05. The summed E-state index contributed by atoms with van der Waals surface area (Å²) in [6, 6.07) is 7.53. The zero-order valence-electron chi connectivity index (χ0n) is 18.5. The maximum absolute atomic E-state index is 13.0. The fourth-order valence-electron chi connectivity index (χ4n) is 3.82. The number of hydrogen-bond acceptors (Lipinski definition) is 8. The summed E-state index contributed by atoms with van der Waals surface area (Å²) in [4.78, 5) is 49.7. The molecule has 11 heteroatoms. The van der Waals surface area contributed by atoms with Crippen molar-refractivity contribution in [2.45, 2.75) is 31.2 Å². The van der Waals surface area contributed by atoms with Gasteiger partial charge in [-0.2, -0.15) is 4.98 Å². The summed E-state index contributed by atoms with van der Waals surface area (Å²) in [5.41, 5.74) is 0.749. The third-order valence-corrected chi connectivity index (χ3v) is 7.27. The number of thioether (sulfide) groups is 1. The molecular formula is C22H26N6O3S2. The average Bonchev–Trinajstić information content (AvgIpc) is 3.26. The summed E-state index contributed by atoms with van der Waals surface area (Å²) in [5, 5.41) is 6.39. The van der Waals surface area contributed by atoms with Gasteiger partial charge in [0.1, 0.15) is 17.6 Å². The van der Waals surface area contributed by atoms with Crippen molar-refractivity contribution in [1.82, 2.24) is 19.9 Å². The average molecular weight is 487 g/mol. The highest BCUT2D eigenvalue weighted by Gasteiger charge is 2.27. The van der Waals surface area contributed by atoms with Gasteiger partial charge >= 0.3 is 0 Å². The standard InChI is InChI=1S/C22H26N6O3S2/c1-3-23-20(30)14-6-5-9-27(11-14)22-26-19-18(33-22)21(31)28(13-24-19)12-17(29)25-15-7-4-8-16(10-15)32-2/h4,7-8,10,13-14H,3,5-6,9,11-12H2,1-2H3,(H,23,30)(H,25,29). The number of nitrogens with zero attached hydrogens (tertiary/aromatic N) is 4. The molecule has 33 heavy (non-hydrogen) atoms. The van der Waals surface area contributed by atoms with Gasteiger partial charge in [0.25, 0.3) is 5.56 Å². The van der Waals surface area contributed by atoms with Crippen LogP contribution in [0.4, 0.5) is 10.8 Å². The van der Waals surface area contributed by atoms with Gasteiger partial charge < -0.3 is 15.5 Å². The lowest BCUT2D eigenvalue weighted by Gasteiger charge is -2.31. The number of piperidine rings is 1. The van der Waals surface area contributed by atoms with Crippen LogP contribution in [0.2, 0.25) is 0 Å². The monoisotopic (exact) mass is 486 g/mol. The number of aromatic nitrogens is 3. The molecule has 2 amide bonds. The quantitative estimate of drug-likeness (QED) is 0.494. The van der Waals surface area contributed by atoms with Crippen LogP contribution in [-0.4, -0.2) is 52.2 Å². The van der Waals surface area contributed by atoms with Crippen molar-refractivity contribution < 1.29 is 9.59 Å². The van der Waals surface area contributed by atoms with Crippen LogP contribution < -0.4 is 21.1 Å². The largest absolute Gasteiger partial charge is 0.356 e. The Bertz CT molecular complexity index is 1220. The van der Waals surface area contributed by atoms with Gasteiger partial charge in [0, 0.05) is 30.2 Å². The van der Waals surface area contributed by atoms with E-state index >= 15 is 0 Å². The molecule has 1 aromatic carbocycles. The molecular weight excluding hydrogens is 460 g/mol. The molecule has 3 aromatic rings. The minimum Gasteiger partial charge on any atom is -0.356 e. The lowest BCUT2D eigenvalue weighted by atomic mass is 9.97. The highest BCUT2D eigenvalue weighted by atomic mass is 32.2. The van der Waals surface area contributed by atoms with Crippen LogP contribution in [0.25, 0.3) is 10.3 Å². The van der Waals surface area contributed by atoms with Gasteiger partial charge in [-0.1, -0.05) is 17.4 Å². The topological polar surface area (TPSA) is 109 Å². The number of anilines is 2. The smallest absolute Gasteiger partial charge is 0.273 e. The number of hydrogen-bond donors (Lipinski definition) is 2. The Morgan fingerprint density at radius 2 is 2.18 bits per heavy atom. The van der Waals surface area contributed by atoms with Crippen LogP contribution in [0.15, 0.2) is 40.3 Å². The molecule has 0 spiro atoms. The molecule has 2 N–H and O–H groups in total. The number of carbonyl (C=O) groups excluding carboxylic acids is 2. The van der Waals surface area contributed by atoms with E-state index in [1.807, 2.05) is 42.3 Å². The third kappa shape index (κ3) is 5.36. The van der Waals surface area contributed by atoms with E-state index in [0.29, 0.717) is 34.3 Å². The predicted octanol–water partition coefficient (Wildman–Crippen LogP) is 2.57. The molecule has 1 fully saturated rings. The van der Waals surface area contributed by atoms with Crippen molar-refractivity contribution in [2.24, 2.45) is 5.92 Å². The first-order chi connectivity index (χ1) is 16.0. The molecule has 1 atom stereocenters. The predicted molar refractivity (Wildman–Crippen MR) is 132 cm³/mol. The van der Waals surface area contributed by atoms with E-state index < -0.39 is 0 Å². The van der Waals surface area contributed by atoms with Crippen molar-refractivity contribution in [3.63, 3.8) is 0 Å². The van der Waals surface area contributed by atoms with Crippen LogP contribution in [0.3, 0.4) is 0 Å². The van der Waals surface area contributed by atoms with E-state index in [2.05, 4.69) is 20.6 Å². The molecule has 0 saturated carbocycles. The van der Waals surface area contributed by atoms with Crippen molar-refractivity contribution in [3.8, 4) is 0 Å². The molecule has 174 valence electrons. The lowest BCUT2D eigenvalue weighted by molar-refractivity contribution is -0.125. The Kier molecular flexibility index (Phi) is 7.29. The Balaban J connectivity index is 1.49. The van der Waals surface area contributed by atoms with E-state index in [1.165, 1.54) is 22.2 Å². The SMILES string of the molecule is CCNC(=O)C1CCCN(c2nc3ncn(CC(=O)Nc4cccc(SC)c4)c(=O)c3s2)C1. The highest BCUT2D eigenvalue weighted by Crippen LogP contribution is 2.29. The molecule has 0 bridgehead atoms. The van der Waals surface area contributed by atoms with Gasteiger partial charge in [-0.3, -0.25) is 19.0 Å².